The van der Waals surface area contributed by atoms with Gasteiger partial charge in [-0.05, 0) is 49.8 Å². The number of aliphatic imine (C=N–C) groups is 1. The Hall–Kier alpha value is -1.55. The number of nitrogens with one attached hydrogen (secondary N) is 2. The largest absolute Gasteiger partial charge is 0.356 e. The molecule has 134 valence electrons. The molecule has 1 heterocycles. The maximum Gasteiger partial charge on any atom is 0.191 e. The van der Waals surface area contributed by atoms with E-state index < -0.39 is 0 Å². The lowest BCUT2D eigenvalue weighted by Crippen LogP contribution is -2.49. The Bertz CT molecular complexity index is 487. The Balaban J connectivity index is 1.69. The van der Waals surface area contributed by atoms with Crippen molar-refractivity contribution in [3.05, 3.63) is 35.4 Å². The van der Waals surface area contributed by atoms with E-state index in [2.05, 4.69) is 58.6 Å². The zero-order chi connectivity index (χ0) is 17.2. The van der Waals surface area contributed by atoms with E-state index >= 15 is 0 Å². The number of rotatable bonds is 7. The third-order valence-electron chi connectivity index (χ3n) is 4.83. The third-order valence-corrected chi connectivity index (χ3v) is 4.83. The highest BCUT2D eigenvalue weighted by Crippen LogP contribution is 2.10. The van der Waals surface area contributed by atoms with Gasteiger partial charge in [0.1, 0.15) is 0 Å². The first-order valence-corrected chi connectivity index (χ1v) is 9.52. The van der Waals surface area contributed by atoms with Gasteiger partial charge in [-0.3, -0.25) is 4.99 Å². The molecule has 1 saturated heterocycles. The van der Waals surface area contributed by atoms with E-state index in [0.29, 0.717) is 6.04 Å². The van der Waals surface area contributed by atoms with Gasteiger partial charge in [0.25, 0.3) is 0 Å². The van der Waals surface area contributed by atoms with Crippen LogP contribution in [-0.2, 0) is 12.8 Å². The second-order valence-electron chi connectivity index (χ2n) is 6.68. The lowest BCUT2D eigenvalue weighted by atomic mass is 10.1. The molecular weight excluding hydrogens is 296 g/mol. The molecular formula is C20H34N4. The van der Waals surface area contributed by atoms with E-state index in [1.54, 1.807) is 0 Å². The fourth-order valence-electron chi connectivity index (χ4n) is 3.27. The molecule has 0 radical (unpaired) electrons. The van der Waals surface area contributed by atoms with Crippen LogP contribution < -0.4 is 10.6 Å². The normalized spacial score (nSPS) is 17.0. The Labute approximate surface area is 147 Å². The van der Waals surface area contributed by atoms with Crippen LogP contribution in [0.1, 0.15) is 44.2 Å². The van der Waals surface area contributed by atoms with Crippen molar-refractivity contribution in [1.29, 1.82) is 0 Å². The maximum atomic E-state index is 4.38. The summed E-state index contributed by atoms with van der Waals surface area (Å²) >= 11 is 0. The lowest BCUT2D eigenvalue weighted by molar-refractivity contribution is 0.206. The predicted octanol–water partition coefficient (Wildman–Crippen LogP) is 2.83. The number of likely N-dealkylation sites (tertiary alicyclic amines) is 1. The molecule has 0 saturated carbocycles. The predicted molar refractivity (Wildman–Crippen MR) is 104 cm³/mol. The first-order valence-electron chi connectivity index (χ1n) is 9.52. The zero-order valence-electron chi connectivity index (χ0n) is 15.6. The van der Waals surface area contributed by atoms with Crippen molar-refractivity contribution in [2.24, 2.45) is 4.99 Å². The Morgan fingerprint density at radius 1 is 1.12 bits per heavy atom. The lowest BCUT2D eigenvalue weighted by Gasteiger charge is -2.32. The maximum absolute atomic E-state index is 4.38. The molecule has 4 heteroatoms. The van der Waals surface area contributed by atoms with Gasteiger partial charge in [0.2, 0.25) is 0 Å². The van der Waals surface area contributed by atoms with Gasteiger partial charge in [0.15, 0.2) is 5.96 Å². The van der Waals surface area contributed by atoms with Crippen molar-refractivity contribution in [2.75, 3.05) is 33.2 Å². The van der Waals surface area contributed by atoms with Gasteiger partial charge in [-0.2, -0.15) is 0 Å². The van der Waals surface area contributed by atoms with Crippen LogP contribution in [-0.4, -0.2) is 50.1 Å². The van der Waals surface area contributed by atoms with Gasteiger partial charge in [0, 0.05) is 32.7 Å². The molecule has 0 spiro atoms. The minimum Gasteiger partial charge on any atom is -0.356 e. The molecule has 0 unspecified atom stereocenters. The standard InChI is InChI=1S/C20H34N4/c1-4-14-24-15-11-19(12-16-24)23-20(21-3)22-13-10-18-8-6-17(5-2)7-9-18/h6-9,19H,4-5,10-16H2,1-3H3,(H2,21,22,23). The number of hydrogen-bond donors (Lipinski definition) is 2. The number of guanidine groups is 1. The van der Waals surface area contributed by atoms with E-state index in [-0.39, 0.29) is 0 Å². The second kappa shape index (κ2) is 10.3. The minimum atomic E-state index is 0.549. The summed E-state index contributed by atoms with van der Waals surface area (Å²) in [6.07, 6.45) is 5.80. The highest BCUT2D eigenvalue weighted by Gasteiger charge is 2.19. The summed E-state index contributed by atoms with van der Waals surface area (Å²) in [6, 6.07) is 9.48. The molecule has 0 bridgehead atoms. The van der Waals surface area contributed by atoms with E-state index in [1.165, 1.54) is 50.0 Å². The van der Waals surface area contributed by atoms with E-state index in [9.17, 15) is 0 Å². The summed E-state index contributed by atoms with van der Waals surface area (Å²) in [5.74, 6) is 0.939. The van der Waals surface area contributed by atoms with Crippen molar-refractivity contribution in [3.63, 3.8) is 0 Å². The molecule has 0 amide bonds. The Kier molecular flexibility index (Phi) is 8.10. The first-order chi connectivity index (χ1) is 11.7. The van der Waals surface area contributed by atoms with Gasteiger partial charge in [-0.25, -0.2) is 0 Å². The third kappa shape index (κ3) is 6.16. The van der Waals surface area contributed by atoms with Gasteiger partial charge in [0.05, 0.1) is 0 Å². The van der Waals surface area contributed by atoms with E-state index in [0.717, 1.165) is 25.3 Å². The monoisotopic (exact) mass is 330 g/mol. The van der Waals surface area contributed by atoms with Gasteiger partial charge < -0.3 is 15.5 Å². The quantitative estimate of drug-likeness (QED) is 0.596. The number of hydrogen-bond acceptors (Lipinski definition) is 2. The number of aryl methyl sites for hydroxylation is 1. The molecule has 4 nitrogen and oxygen atoms in total. The molecule has 24 heavy (non-hydrogen) atoms. The van der Waals surface area contributed by atoms with Crippen molar-refractivity contribution in [3.8, 4) is 0 Å². The van der Waals surface area contributed by atoms with Crippen molar-refractivity contribution in [1.82, 2.24) is 15.5 Å². The molecule has 1 aromatic rings. The molecule has 1 aliphatic rings. The summed E-state index contributed by atoms with van der Waals surface area (Å²) in [6.45, 7) is 9.00. The van der Waals surface area contributed by atoms with Crippen molar-refractivity contribution < 1.29 is 0 Å². The fraction of sp³-hybridized carbons (Fsp3) is 0.650. The molecule has 2 N–H and O–H groups in total. The van der Waals surface area contributed by atoms with Crippen LogP contribution in [0.3, 0.4) is 0 Å². The SMILES string of the molecule is CCCN1CCC(NC(=NC)NCCc2ccc(CC)cc2)CC1. The summed E-state index contributed by atoms with van der Waals surface area (Å²) in [5, 5.41) is 7.04. The molecule has 0 aromatic heterocycles. The van der Waals surface area contributed by atoms with Crippen LogP contribution in [0.2, 0.25) is 0 Å². The summed E-state index contributed by atoms with van der Waals surface area (Å²) in [4.78, 5) is 6.94. The first kappa shape index (κ1) is 18.8. The molecule has 1 aromatic carbocycles. The summed E-state index contributed by atoms with van der Waals surface area (Å²) in [7, 11) is 1.86. The van der Waals surface area contributed by atoms with Crippen molar-refractivity contribution >= 4 is 5.96 Å². The molecule has 1 fully saturated rings. The summed E-state index contributed by atoms with van der Waals surface area (Å²) in [5.41, 5.74) is 2.78. The van der Waals surface area contributed by atoms with E-state index in [4.69, 9.17) is 0 Å². The van der Waals surface area contributed by atoms with E-state index in [1.807, 2.05) is 7.05 Å². The fourth-order valence-corrected chi connectivity index (χ4v) is 3.27. The topological polar surface area (TPSA) is 39.7 Å². The van der Waals surface area contributed by atoms with Crippen LogP contribution in [0.4, 0.5) is 0 Å². The second-order valence-corrected chi connectivity index (χ2v) is 6.68. The number of benzene rings is 1. The van der Waals surface area contributed by atoms with Crippen molar-refractivity contribution in [2.45, 2.75) is 52.0 Å². The molecule has 0 atom stereocenters. The van der Waals surface area contributed by atoms with Gasteiger partial charge in [-0.15, -0.1) is 0 Å². The molecule has 0 aliphatic carbocycles. The minimum absolute atomic E-state index is 0.549. The molecule has 2 rings (SSSR count). The number of piperidine rings is 1. The van der Waals surface area contributed by atoms with Crippen LogP contribution in [0.25, 0.3) is 0 Å². The average molecular weight is 331 g/mol. The van der Waals surface area contributed by atoms with Gasteiger partial charge >= 0.3 is 0 Å². The van der Waals surface area contributed by atoms with Gasteiger partial charge in [-0.1, -0.05) is 38.1 Å². The Morgan fingerprint density at radius 3 is 2.38 bits per heavy atom. The zero-order valence-corrected chi connectivity index (χ0v) is 15.6. The van der Waals surface area contributed by atoms with Crippen LogP contribution in [0, 0.1) is 0 Å². The summed E-state index contributed by atoms with van der Waals surface area (Å²) < 4.78 is 0. The average Bonchev–Trinajstić information content (AvgIpc) is 2.63. The van der Waals surface area contributed by atoms with Crippen LogP contribution in [0.15, 0.2) is 29.3 Å². The highest BCUT2D eigenvalue weighted by atomic mass is 15.2. The molecule has 1 aliphatic heterocycles. The van der Waals surface area contributed by atoms with Crippen LogP contribution >= 0.6 is 0 Å². The smallest absolute Gasteiger partial charge is 0.191 e. The van der Waals surface area contributed by atoms with Crippen LogP contribution in [0.5, 0.6) is 0 Å². The number of nitrogens with zero attached hydrogens (tertiary/aromatic N) is 2. The Morgan fingerprint density at radius 2 is 1.79 bits per heavy atom. The highest BCUT2D eigenvalue weighted by molar-refractivity contribution is 5.79.